The third-order valence-corrected chi connectivity index (χ3v) is 3.10. The highest BCUT2D eigenvalue weighted by molar-refractivity contribution is 5.86. The maximum absolute atomic E-state index is 11.5. The minimum atomic E-state index is -1.05. The summed E-state index contributed by atoms with van der Waals surface area (Å²) in [5.41, 5.74) is 7.08. The minimum absolute atomic E-state index is 0.123. The van der Waals surface area contributed by atoms with Crippen molar-refractivity contribution in [3.05, 3.63) is 36.0 Å². The molecule has 0 unspecified atom stereocenters. The number of nitrogens with two attached hydrogens (primary N) is 1. The number of aromatic nitrogens is 1. The number of benzene rings is 1. The summed E-state index contributed by atoms with van der Waals surface area (Å²) in [6.45, 7) is 0.200. The summed E-state index contributed by atoms with van der Waals surface area (Å²) in [4.78, 5) is 25.8. The number of aromatic amines is 1. The van der Waals surface area contributed by atoms with Crippen LogP contribution in [0.25, 0.3) is 10.9 Å². The monoisotopic (exact) mass is 275 g/mol. The number of hydrogen-bond donors (Lipinski definition) is 4. The van der Waals surface area contributed by atoms with Crippen LogP contribution in [0, 0.1) is 0 Å². The second-order valence-corrected chi connectivity index (χ2v) is 4.56. The summed E-state index contributed by atoms with van der Waals surface area (Å²) in [6.07, 6.45) is 2.13. The number of amides is 1. The Kier molecular flexibility index (Phi) is 4.37. The van der Waals surface area contributed by atoms with Gasteiger partial charge in [-0.05, 0) is 11.6 Å². The normalized spacial score (nSPS) is 12.2. The van der Waals surface area contributed by atoms with Crippen molar-refractivity contribution in [1.82, 2.24) is 10.3 Å². The first-order valence-electron chi connectivity index (χ1n) is 6.39. The van der Waals surface area contributed by atoms with Crippen LogP contribution in [-0.4, -0.2) is 34.6 Å². The van der Waals surface area contributed by atoms with Crippen LogP contribution >= 0.6 is 0 Å². The summed E-state index contributed by atoms with van der Waals surface area (Å²) >= 11 is 0. The molecule has 1 aromatic heterocycles. The van der Waals surface area contributed by atoms with Gasteiger partial charge in [-0.15, -0.1) is 0 Å². The molecule has 106 valence electrons. The van der Waals surface area contributed by atoms with E-state index in [4.69, 9.17) is 5.73 Å². The van der Waals surface area contributed by atoms with Crippen molar-refractivity contribution in [2.75, 3.05) is 6.54 Å². The maximum Gasteiger partial charge on any atom is 0.326 e. The zero-order chi connectivity index (χ0) is 14.5. The number of nitrogens with one attached hydrogen (secondary N) is 2. The quantitative estimate of drug-likeness (QED) is 0.620. The molecule has 1 atom stereocenters. The molecular weight excluding hydrogens is 258 g/mol. The highest BCUT2D eigenvalue weighted by Gasteiger charge is 2.21. The fourth-order valence-electron chi connectivity index (χ4n) is 2.12. The first-order chi connectivity index (χ1) is 9.61. The lowest BCUT2D eigenvalue weighted by Crippen LogP contribution is -2.42. The third-order valence-electron chi connectivity index (χ3n) is 3.10. The molecule has 2 rings (SSSR count). The molecule has 0 spiro atoms. The first kappa shape index (κ1) is 14.1. The number of rotatable bonds is 6. The molecule has 0 radical (unpaired) electrons. The van der Waals surface area contributed by atoms with Crippen molar-refractivity contribution in [2.24, 2.45) is 5.73 Å². The van der Waals surface area contributed by atoms with Gasteiger partial charge in [-0.1, -0.05) is 18.2 Å². The Bertz CT molecular complexity index is 621. The van der Waals surface area contributed by atoms with Crippen LogP contribution < -0.4 is 11.1 Å². The average Bonchev–Trinajstić information content (AvgIpc) is 2.82. The minimum Gasteiger partial charge on any atom is -0.480 e. The first-order valence-corrected chi connectivity index (χ1v) is 6.39. The summed E-state index contributed by atoms with van der Waals surface area (Å²) in [5.74, 6) is -1.40. The molecule has 1 aromatic carbocycles. The number of fused-ring (bicyclic) bond motifs is 1. The molecule has 0 aliphatic rings. The molecule has 2 aromatic rings. The van der Waals surface area contributed by atoms with Crippen LogP contribution in [0.4, 0.5) is 0 Å². The zero-order valence-electron chi connectivity index (χ0n) is 10.9. The molecule has 1 heterocycles. The predicted octanol–water partition coefficient (Wildman–Crippen LogP) is 0.629. The van der Waals surface area contributed by atoms with Crippen molar-refractivity contribution >= 4 is 22.8 Å². The summed E-state index contributed by atoms with van der Waals surface area (Å²) < 4.78 is 0. The zero-order valence-corrected chi connectivity index (χ0v) is 10.9. The molecule has 20 heavy (non-hydrogen) atoms. The van der Waals surface area contributed by atoms with E-state index in [1.165, 1.54) is 0 Å². The number of aliphatic carboxylic acids is 1. The summed E-state index contributed by atoms with van der Waals surface area (Å²) in [7, 11) is 0. The lowest BCUT2D eigenvalue weighted by atomic mass is 10.0. The second kappa shape index (κ2) is 6.21. The predicted molar refractivity (Wildman–Crippen MR) is 75.2 cm³/mol. The summed E-state index contributed by atoms with van der Waals surface area (Å²) in [6, 6.07) is 6.68. The number of H-pyrrole nitrogens is 1. The van der Waals surface area contributed by atoms with E-state index in [1.807, 2.05) is 24.3 Å². The van der Waals surface area contributed by atoms with Crippen LogP contribution in [0.5, 0.6) is 0 Å². The van der Waals surface area contributed by atoms with E-state index in [1.54, 1.807) is 6.20 Å². The van der Waals surface area contributed by atoms with E-state index < -0.39 is 12.0 Å². The Labute approximate surface area is 116 Å². The van der Waals surface area contributed by atoms with Gasteiger partial charge < -0.3 is 21.1 Å². The van der Waals surface area contributed by atoms with Crippen LogP contribution in [0.15, 0.2) is 30.5 Å². The number of carboxylic acids is 1. The Morgan fingerprint density at radius 1 is 1.35 bits per heavy atom. The molecular formula is C14H17N3O3. The van der Waals surface area contributed by atoms with Crippen molar-refractivity contribution in [3.63, 3.8) is 0 Å². The van der Waals surface area contributed by atoms with E-state index >= 15 is 0 Å². The van der Waals surface area contributed by atoms with Crippen molar-refractivity contribution in [3.8, 4) is 0 Å². The molecule has 5 N–H and O–H groups in total. The van der Waals surface area contributed by atoms with Gasteiger partial charge in [-0.3, -0.25) is 4.79 Å². The lowest BCUT2D eigenvalue weighted by molar-refractivity contribution is -0.141. The molecule has 0 saturated carbocycles. The van der Waals surface area contributed by atoms with E-state index in [2.05, 4.69) is 10.3 Å². The van der Waals surface area contributed by atoms with Crippen LogP contribution in [0.1, 0.15) is 12.0 Å². The van der Waals surface area contributed by atoms with E-state index in [0.717, 1.165) is 16.5 Å². The average molecular weight is 275 g/mol. The van der Waals surface area contributed by atoms with Crippen molar-refractivity contribution < 1.29 is 14.7 Å². The molecule has 6 nitrogen and oxygen atoms in total. The van der Waals surface area contributed by atoms with E-state index in [9.17, 15) is 14.7 Å². The highest BCUT2D eigenvalue weighted by atomic mass is 16.4. The molecule has 1 amide bonds. The second-order valence-electron chi connectivity index (χ2n) is 4.56. The number of carbonyl (C=O) groups excluding carboxylic acids is 1. The van der Waals surface area contributed by atoms with Gasteiger partial charge in [0.25, 0.3) is 0 Å². The van der Waals surface area contributed by atoms with Gasteiger partial charge in [0.05, 0.1) is 0 Å². The smallest absolute Gasteiger partial charge is 0.326 e. The number of carboxylic acid groups (broad SMARTS) is 1. The Hall–Kier alpha value is -2.34. The topological polar surface area (TPSA) is 108 Å². The van der Waals surface area contributed by atoms with Gasteiger partial charge in [0, 0.05) is 36.5 Å². The van der Waals surface area contributed by atoms with E-state index in [0.29, 0.717) is 0 Å². The van der Waals surface area contributed by atoms with Gasteiger partial charge >= 0.3 is 5.97 Å². The highest BCUT2D eigenvalue weighted by Crippen LogP contribution is 2.19. The molecule has 0 aliphatic carbocycles. The standard InChI is InChI=1S/C14H17N3O3/c15-6-5-13(18)17-12(14(19)20)7-9-8-16-11-4-2-1-3-10(9)11/h1-4,8,12,16H,5-7,15H2,(H,17,18)(H,19,20)/t12-/m1/s1. The van der Waals surface area contributed by atoms with Gasteiger partial charge in [0.2, 0.25) is 5.91 Å². The number of para-hydroxylation sites is 1. The van der Waals surface area contributed by atoms with Crippen molar-refractivity contribution in [1.29, 1.82) is 0 Å². The van der Waals surface area contributed by atoms with Gasteiger partial charge in [0.1, 0.15) is 6.04 Å². The molecule has 0 saturated heterocycles. The Morgan fingerprint density at radius 2 is 2.10 bits per heavy atom. The van der Waals surface area contributed by atoms with Crippen LogP contribution in [0.2, 0.25) is 0 Å². The lowest BCUT2D eigenvalue weighted by Gasteiger charge is -2.13. The Balaban J connectivity index is 2.15. The van der Waals surface area contributed by atoms with Gasteiger partial charge in [-0.25, -0.2) is 4.79 Å². The third kappa shape index (κ3) is 3.16. The van der Waals surface area contributed by atoms with E-state index in [-0.39, 0.29) is 25.3 Å². The maximum atomic E-state index is 11.5. The number of carbonyl (C=O) groups is 2. The molecule has 0 bridgehead atoms. The SMILES string of the molecule is NCCC(=O)N[C@H](Cc1c[nH]c2ccccc12)C(=O)O. The fourth-order valence-corrected chi connectivity index (χ4v) is 2.12. The van der Waals surface area contributed by atoms with Gasteiger partial charge in [-0.2, -0.15) is 0 Å². The van der Waals surface area contributed by atoms with Crippen LogP contribution in [-0.2, 0) is 16.0 Å². The van der Waals surface area contributed by atoms with Crippen molar-refractivity contribution in [2.45, 2.75) is 18.9 Å². The Morgan fingerprint density at radius 3 is 2.80 bits per heavy atom. The summed E-state index contributed by atoms with van der Waals surface area (Å²) in [5, 5.41) is 12.7. The van der Waals surface area contributed by atoms with Crippen LogP contribution in [0.3, 0.4) is 0 Å². The molecule has 0 aliphatic heterocycles. The fraction of sp³-hybridized carbons (Fsp3) is 0.286. The molecule has 6 heteroatoms. The molecule has 0 fully saturated rings. The number of hydrogen-bond acceptors (Lipinski definition) is 3. The van der Waals surface area contributed by atoms with Gasteiger partial charge in [0.15, 0.2) is 0 Å². The largest absolute Gasteiger partial charge is 0.480 e.